The quantitative estimate of drug-likeness (QED) is 0.755. The second-order valence-electron chi connectivity index (χ2n) is 5.61. The van der Waals surface area contributed by atoms with E-state index in [0.717, 1.165) is 23.9 Å². The molecule has 0 aliphatic carbocycles. The van der Waals surface area contributed by atoms with Crippen LogP contribution in [0, 0.1) is 5.82 Å². The van der Waals surface area contributed by atoms with E-state index >= 15 is 0 Å². The van der Waals surface area contributed by atoms with Crippen LogP contribution in [0.3, 0.4) is 0 Å². The van der Waals surface area contributed by atoms with Crippen LogP contribution in [-0.2, 0) is 14.8 Å². The van der Waals surface area contributed by atoms with Crippen LogP contribution in [-0.4, -0.2) is 31.0 Å². The predicted molar refractivity (Wildman–Crippen MR) is 102 cm³/mol. The SMILES string of the molecule is CC(=O)c1ccc(NC(=O)CSC2=NS(=O)(=O)c3cc(F)ccc3N2)cc1. The minimum absolute atomic E-state index is 0.0242. The van der Waals surface area contributed by atoms with Crippen LogP contribution in [0.25, 0.3) is 0 Å². The third-order valence-corrected chi connectivity index (χ3v) is 5.89. The summed E-state index contributed by atoms with van der Waals surface area (Å²) in [5.74, 6) is -1.22. The second-order valence-corrected chi connectivity index (χ2v) is 8.14. The Morgan fingerprint density at radius 3 is 2.56 bits per heavy atom. The van der Waals surface area contributed by atoms with Gasteiger partial charge in [0.05, 0.1) is 11.4 Å². The Bertz CT molecular complexity index is 1050. The third-order valence-electron chi connectivity index (χ3n) is 3.58. The van der Waals surface area contributed by atoms with Gasteiger partial charge in [-0.05, 0) is 49.4 Å². The van der Waals surface area contributed by atoms with Crippen LogP contribution in [0.15, 0.2) is 51.8 Å². The molecule has 1 heterocycles. The molecule has 0 spiro atoms. The minimum atomic E-state index is -4.03. The van der Waals surface area contributed by atoms with Gasteiger partial charge in [0.15, 0.2) is 11.0 Å². The maximum absolute atomic E-state index is 13.2. The number of hydrogen-bond acceptors (Lipinski definition) is 6. The number of thioether (sulfide) groups is 1. The van der Waals surface area contributed by atoms with Crippen LogP contribution in [0.4, 0.5) is 15.8 Å². The van der Waals surface area contributed by atoms with E-state index in [2.05, 4.69) is 15.0 Å². The predicted octanol–water partition coefficient (Wildman–Crippen LogP) is 2.87. The molecule has 27 heavy (non-hydrogen) atoms. The summed E-state index contributed by atoms with van der Waals surface area (Å²) in [7, 11) is -4.03. The highest BCUT2D eigenvalue weighted by Crippen LogP contribution is 2.30. The number of Topliss-reactive ketones (excluding diaryl/α,β-unsaturated/α-hetero) is 1. The molecule has 0 saturated heterocycles. The van der Waals surface area contributed by atoms with Crippen molar-refractivity contribution >= 4 is 50.0 Å². The van der Waals surface area contributed by atoms with E-state index in [1.807, 2.05) is 0 Å². The molecule has 0 atom stereocenters. The average molecular weight is 407 g/mol. The fourth-order valence-electron chi connectivity index (χ4n) is 2.29. The molecule has 0 saturated carbocycles. The molecular weight excluding hydrogens is 393 g/mol. The molecule has 10 heteroatoms. The number of rotatable bonds is 4. The molecule has 140 valence electrons. The van der Waals surface area contributed by atoms with Crippen molar-refractivity contribution in [2.24, 2.45) is 4.40 Å². The summed E-state index contributed by atoms with van der Waals surface area (Å²) in [5, 5.41) is 5.43. The Labute approximate surface area is 159 Å². The van der Waals surface area contributed by atoms with Crippen molar-refractivity contribution < 1.29 is 22.4 Å². The van der Waals surface area contributed by atoms with Gasteiger partial charge in [-0.15, -0.1) is 4.40 Å². The minimum Gasteiger partial charge on any atom is -0.333 e. The average Bonchev–Trinajstić information content (AvgIpc) is 2.61. The van der Waals surface area contributed by atoms with Gasteiger partial charge in [0.2, 0.25) is 5.91 Å². The zero-order valence-corrected chi connectivity index (χ0v) is 15.7. The van der Waals surface area contributed by atoms with Gasteiger partial charge >= 0.3 is 0 Å². The number of fused-ring (bicyclic) bond motifs is 1. The van der Waals surface area contributed by atoms with Crippen LogP contribution in [0.5, 0.6) is 0 Å². The van der Waals surface area contributed by atoms with Gasteiger partial charge in [0.25, 0.3) is 10.0 Å². The van der Waals surface area contributed by atoms with Crippen LogP contribution >= 0.6 is 11.8 Å². The number of nitrogens with one attached hydrogen (secondary N) is 2. The summed E-state index contributed by atoms with van der Waals surface area (Å²) in [4.78, 5) is 23.0. The highest BCUT2D eigenvalue weighted by molar-refractivity contribution is 8.15. The summed E-state index contributed by atoms with van der Waals surface area (Å²) in [5.41, 5.74) is 1.25. The number of carbonyl (C=O) groups excluding carboxylic acids is 2. The van der Waals surface area contributed by atoms with Gasteiger partial charge in [-0.1, -0.05) is 11.8 Å². The molecule has 1 aliphatic heterocycles. The fraction of sp³-hybridized carbons (Fsp3) is 0.118. The molecule has 2 N–H and O–H groups in total. The number of anilines is 2. The molecular formula is C17H14FN3O4S2. The largest absolute Gasteiger partial charge is 0.333 e. The standard InChI is InChI=1S/C17H14FN3O4S2/c1-10(22)11-2-5-13(6-3-11)19-16(23)9-26-17-20-14-7-4-12(18)8-15(14)27(24,25)21-17/h2-8H,9H2,1H3,(H,19,23)(H,20,21). The number of halogens is 1. The molecule has 1 amide bonds. The van der Waals surface area contributed by atoms with E-state index in [-0.39, 0.29) is 33.2 Å². The van der Waals surface area contributed by atoms with E-state index in [4.69, 9.17) is 0 Å². The van der Waals surface area contributed by atoms with Gasteiger partial charge < -0.3 is 10.6 Å². The van der Waals surface area contributed by atoms with Gasteiger partial charge in [-0.25, -0.2) is 4.39 Å². The Morgan fingerprint density at radius 1 is 1.19 bits per heavy atom. The van der Waals surface area contributed by atoms with E-state index in [1.165, 1.54) is 13.0 Å². The molecule has 0 radical (unpaired) electrons. The molecule has 7 nitrogen and oxygen atoms in total. The van der Waals surface area contributed by atoms with Crippen molar-refractivity contribution in [2.75, 3.05) is 16.4 Å². The number of ketones is 1. The lowest BCUT2D eigenvalue weighted by atomic mass is 10.1. The number of carbonyl (C=O) groups is 2. The Kier molecular flexibility index (Phi) is 5.29. The fourth-order valence-corrected chi connectivity index (χ4v) is 4.34. The lowest BCUT2D eigenvalue weighted by Crippen LogP contribution is -2.22. The first kappa shape index (κ1) is 19.1. The van der Waals surface area contributed by atoms with Crippen molar-refractivity contribution in [2.45, 2.75) is 11.8 Å². The summed E-state index contributed by atoms with van der Waals surface area (Å²) in [6, 6.07) is 9.72. The number of benzene rings is 2. The highest BCUT2D eigenvalue weighted by Gasteiger charge is 2.26. The molecule has 0 aromatic heterocycles. The number of amidine groups is 1. The van der Waals surface area contributed by atoms with Crippen LogP contribution in [0.2, 0.25) is 0 Å². The number of hydrogen-bond donors (Lipinski definition) is 2. The second kappa shape index (κ2) is 7.49. The van der Waals surface area contributed by atoms with E-state index in [1.54, 1.807) is 24.3 Å². The van der Waals surface area contributed by atoms with Crippen molar-refractivity contribution in [1.82, 2.24) is 0 Å². The number of amides is 1. The Hall–Kier alpha value is -2.72. The topological polar surface area (TPSA) is 105 Å². The Balaban J connectivity index is 1.63. The summed E-state index contributed by atoms with van der Waals surface area (Å²) >= 11 is 0.903. The third kappa shape index (κ3) is 4.52. The smallest absolute Gasteiger partial charge is 0.286 e. The Morgan fingerprint density at radius 2 is 1.89 bits per heavy atom. The summed E-state index contributed by atoms with van der Waals surface area (Å²) in [6.07, 6.45) is 0. The van der Waals surface area contributed by atoms with E-state index in [9.17, 15) is 22.4 Å². The van der Waals surface area contributed by atoms with E-state index < -0.39 is 15.8 Å². The van der Waals surface area contributed by atoms with Crippen LogP contribution in [0.1, 0.15) is 17.3 Å². The number of nitrogens with zero attached hydrogens (tertiary/aromatic N) is 1. The summed E-state index contributed by atoms with van der Waals surface area (Å²) in [6.45, 7) is 1.45. The van der Waals surface area contributed by atoms with Gasteiger partial charge in [-0.3, -0.25) is 9.59 Å². The van der Waals surface area contributed by atoms with Crippen molar-refractivity contribution in [3.05, 3.63) is 53.8 Å². The molecule has 0 unspecified atom stereocenters. The van der Waals surface area contributed by atoms with Crippen molar-refractivity contribution in [1.29, 1.82) is 0 Å². The van der Waals surface area contributed by atoms with Gasteiger partial charge in [0, 0.05) is 11.3 Å². The number of sulfonamides is 1. The first-order chi connectivity index (χ1) is 12.7. The van der Waals surface area contributed by atoms with Crippen molar-refractivity contribution in [3.63, 3.8) is 0 Å². The molecule has 2 aromatic carbocycles. The maximum Gasteiger partial charge on any atom is 0.286 e. The molecule has 2 aromatic rings. The first-order valence-electron chi connectivity index (χ1n) is 7.70. The molecule has 0 bridgehead atoms. The van der Waals surface area contributed by atoms with E-state index in [0.29, 0.717) is 11.3 Å². The lowest BCUT2D eigenvalue weighted by molar-refractivity contribution is -0.113. The molecule has 1 aliphatic rings. The van der Waals surface area contributed by atoms with Crippen LogP contribution < -0.4 is 10.6 Å². The van der Waals surface area contributed by atoms with Crippen molar-refractivity contribution in [3.8, 4) is 0 Å². The van der Waals surface area contributed by atoms with Gasteiger partial charge in [-0.2, -0.15) is 8.42 Å². The monoisotopic (exact) mass is 407 g/mol. The maximum atomic E-state index is 13.2. The molecule has 3 rings (SSSR count). The molecule has 0 fully saturated rings. The zero-order chi connectivity index (χ0) is 19.6. The summed E-state index contributed by atoms with van der Waals surface area (Å²) < 4.78 is 41.1. The normalized spacial score (nSPS) is 14.5. The highest BCUT2D eigenvalue weighted by atomic mass is 32.2. The first-order valence-corrected chi connectivity index (χ1v) is 10.1. The lowest BCUT2D eigenvalue weighted by Gasteiger charge is -2.17. The van der Waals surface area contributed by atoms with Gasteiger partial charge in [0.1, 0.15) is 10.7 Å². The zero-order valence-electron chi connectivity index (χ0n) is 14.0.